The summed E-state index contributed by atoms with van der Waals surface area (Å²) in [5.74, 6) is -1.77. The van der Waals surface area contributed by atoms with Crippen molar-refractivity contribution in [3.63, 3.8) is 0 Å². The number of hydrogen-bond donors (Lipinski definition) is 3. The lowest BCUT2D eigenvalue weighted by Crippen LogP contribution is -2.29. The van der Waals surface area contributed by atoms with Gasteiger partial charge in [-0.15, -0.1) is 0 Å². The van der Waals surface area contributed by atoms with Crippen molar-refractivity contribution in [2.45, 2.75) is 33.1 Å². The van der Waals surface area contributed by atoms with Crippen molar-refractivity contribution in [1.29, 1.82) is 0 Å². The maximum absolute atomic E-state index is 12.1. The molecule has 0 bridgehead atoms. The van der Waals surface area contributed by atoms with Crippen LogP contribution < -0.4 is 16.0 Å². The van der Waals surface area contributed by atoms with Gasteiger partial charge >= 0.3 is 11.8 Å². The van der Waals surface area contributed by atoms with Crippen molar-refractivity contribution in [2.75, 3.05) is 16.0 Å². The molecule has 0 aliphatic rings. The average molecular weight is 353 g/mol. The summed E-state index contributed by atoms with van der Waals surface area (Å²) < 4.78 is 0. The van der Waals surface area contributed by atoms with E-state index in [1.165, 1.54) is 6.92 Å². The molecule has 0 aliphatic carbocycles. The van der Waals surface area contributed by atoms with Crippen LogP contribution in [0.3, 0.4) is 0 Å². The molecule has 6 heteroatoms. The summed E-state index contributed by atoms with van der Waals surface area (Å²) in [6.45, 7) is 7.69. The van der Waals surface area contributed by atoms with E-state index in [-0.39, 0.29) is 11.3 Å². The Morgan fingerprint density at radius 3 is 1.73 bits per heavy atom. The molecule has 0 atom stereocenters. The first-order valence-electron chi connectivity index (χ1n) is 8.26. The van der Waals surface area contributed by atoms with Crippen LogP contribution in [-0.2, 0) is 19.8 Å². The molecule has 0 unspecified atom stereocenters. The monoisotopic (exact) mass is 353 g/mol. The second-order valence-electron chi connectivity index (χ2n) is 7.00. The number of amides is 3. The molecule has 0 heterocycles. The van der Waals surface area contributed by atoms with Crippen LogP contribution in [0.5, 0.6) is 0 Å². The molecule has 0 saturated heterocycles. The molecule has 2 aromatic carbocycles. The number of hydrogen-bond acceptors (Lipinski definition) is 3. The predicted molar refractivity (Wildman–Crippen MR) is 103 cm³/mol. The van der Waals surface area contributed by atoms with Gasteiger partial charge in [0.15, 0.2) is 0 Å². The Labute approximate surface area is 153 Å². The molecular formula is C20H23N3O3. The van der Waals surface area contributed by atoms with E-state index in [1.54, 1.807) is 36.4 Å². The Hall–Kier alpha value is -3.15. The van der Waals surface area contributed by atoms with Gasteiger partial charge in [0.2, 0.25) is 5.91 Å². The highest BCUT2D eigenvalue weighted by Crippen LogP contribution is 2.23. The molecule has 26 heavy (non-hydrogen) atoms. The molecule has 0 saturated carbocycles. The SMILES string of the molecule is CC(=O)Nc1cccc(NC(=O)C(=O)Nc2ccc(C(C)(C)C)cc2)c1. The van der Waals surface area contributed by atoms with Gasteiger partial charge in [0, 0.05) is 24.0 Å². The van der Waals surface area contributed by atoms with E-state index in [4.69, 9.17) is 0 Å². The summed E-state index contributed by atoms with van der Waals surface area (Å²) in [6, 6.07) is 13.9. The molecule has 3 N–H and O–H groups in total. The Morgan fingerprint density at radius 2 is 1.23 bits per heavy atom. The predicted octanol–water partition coefficient (Wildman–Crippen LogP) is 3.52. The first-order valence-corrected chi connectivity index (χ1v) is 8.26. The van der Waals surface area contributed by atoms with Gasteiger partial charge in [-0.1, -0.05) is 39.0 Å². The van der Waals surface area contributed by atoms with Gasteiger partial charge < -0.3 is 16.0 Å². The topological polar surface area (TPSA) is 87.3 Å². The first-order chi connectivity index (χ1) is 12.1. The summed E-state index contributed by atoms with van der Waals surface area (Å²) in [7, 11) is 0. The van der Waals surface area contributed by atoms with Gasteiger partial charge in [0.25, 0.3) is 0 Å². The third kappa shape index (κ3) is 5.44. The largest absolute Gasteiger partial charge is 0.326 e. The van der Waals surface area contributed by atoms with Crippen molar-refractivity contribution < 1.29 is 14.4 Å². The highest BCUT2D eigenvalue weighted by molar-refractivity contribution is 6.43. The van der Waals surface area contributed by atoms with Gasteiger partial charge in [-0.05, 0) is 41.3 Å². The molecule has 2 aromatic rings. The number of anilines is 3. The standard InChI is InChI=1S/C20H23N3O3/c1-13(24)21-16-6-5-7-17(12-16)23-19(26)18(25)22-15-10-8-14(9-11-15)20(2,3)4/h5-12H,1-4H3,(H,21,24)(H,22,25)(H,23,26). The van der Waals surface area contributed by atoms with Gasteiger partial charge in [0.1, 0.15) is 0 Å². The lowest BCUT2D eigenvalue weighted by molar-refractivity contribution is -0.132. The minimum atomic E-state index is -0.787. The number of rotatable bonds is 3. The van der Waals surface area contributed by atoms with Crippen LogP contribution in [0.1, 0.15) is 33.3 Å². The van der Waals surface area contributed by atoms with Crippen molar-refractivity contribution in [2.24, 2.45) is 0 Å². The van der Waals surface area contributed by atoms with Crippen molar-refractivity contribution >= 4 is 34.8 Å². The minimum absolute atomic E-state index is 0.0127. The fraction of sp³-hybridized carbons (Fsp3) is 0.250. The van der Waals surface area contributed by atoms with Crippen LogP contribution in [0, 0.1) is 0 Å². The van der Waals surface area contributed by atoms with E-state index in [1.807, 2.05) is 12.1 Å². The molecular weight excluding hydrogens is 330 g/mol. The molecule has 0 radical (unpaired) electrons. The summed E-state index contributed by atoms with van der Waals surface area (Å²) >= 11 is 0. The number of benzene rings is 2. The second kappa shape index (κ2) is 7.82. The van der Waals surface area contributed by atoms with Crippen LogP contribution in [0.15, 0.2) is 48.5 Å². The van der Waals surface area contributed by atoms with E-state index in [9.17, 15) is 14.4 Å². The van der Waals surface area contributed by atoms with Gasteiger partial charge in [-0.25, -0.2) is 0 Å². The Morgan fingerprint density at radius 1 is 0.731 bits per heavy atom. The zero-order valence-corrected chi connectivity index (χ0v) is 15.3. The lowest BCUT2D eigenvalue weighted by atomic mass is 9.87. The fourth-order valence-corrected chi connectivity index (χ4v) is 2.31. The van der Waals surface area contributed by atoms with Crippen LogP contribution in [0.2, 0.25) is 0 Å². The zero-order valence-electron chi connectivity index (χ0n) is 15.3. The smallest absolute Gasteiger partial charge is 0.314 e. The minimum Gasteiger partial charge on any atom is -0.326 e. The van der Waals surface area contributed by atoms with E-state index in [0.29, 0.717) is 17.1 Å². The van der Waals surface area contributed by atoms with Gasteiger partial charge in [-0.3, -0.25) is 14.4 Å². The van der Waals surface area contributed by atoms with E-state index >= 15 is 0 Å². The first kappa shape index (κ1) is 19.2. The molecule has 0 aliphatic heterocycles. The molecule has 2 rings (SSSR count). The van der Waals surface area contributed by atoms with E-state index < -0.39 is 11.8 Å². The molecule has 136 valence electrons. The highest BCUT2D eigenvalue weighted by atomic mass is 16.2. The molecule has 6 nitrogen and oxygen atoms in total. The molecule has 0 fully saturated rings. The van der Waals surface area contributed by atoms with E-state index in [2.05, 4.69) is 36.7 Å². The molecule has 0 spiro atoms. The van der Waals surface area contributed by atoms with Crippen molar-refractivity contribution in [1.82, 2.24) is 0 Å². The normalized spacial score (nSPS) is 10.8. The quantitative estimate of drug-likeness (QED) is 0.738. The Bertz CT molecular complexity index is 821. The fourth-order valence-electron chi connectivity index (χ4n) is 2.31. The Balaban J connectivity index is 1.99. The number of carbonyl (C=O) groups excluding carboxylic acids is 3. The zero-order chi connectivity index (χ0) is 19.3. The van der Waals surface area contributed by atoms with Gasteiger partial charge in [0.05, 0.1) is 0 Å². The Kier molecular flexibility index (Phi) is 5.77. The molecule has 3 amide bonds. The third-order valence-corrected chi connectivity index (χ3v) is 3.66. The second-order valence-corrected chi connectivity index (χ2v) is 7.00. The average Bonchev–Trinajstić information content (AvgIpc) is 2.54. The van der Waals surface area contributed by atoms with Crippen LogP contribution in [0.25, 0.3) is 0 Å². The van der Waals surface area contributed by atoms with Crippen molar-refractivity contribution in [3.05, 3.63) is 54.1 Å². The maximum atomic E-state index is 12.1. The van der Waals surface area contributed by atoms with Crippen LogP contribution in [0.4, 0.5) is 17.1 Å². The third-order valence-electron chi connectivity index (χ3n) is 3.66. The van der Waals surface area contributed by atoms with Gasteiger partial charge in [-0.2, -0.15) is 0 Å². The summed E-state index contributed by atoms with van der Waals surface area (Å²) in [5, 5.41) is 7.69. The van der Waals surface area contributed by atoms with E-state index in [0.717, 1.165) is 5.56 Å². The molecule has 0 aromatic heterocycles. The summed E-state index contributed by atoms with van der Waals surface area (Å²) in [5.41, 5.74) is 2.64. The van der Waals surface area contributed by atoms with Crippen molar-refractivity contribution in [3.8, 4) is 0 Å². The summed E-state index contributed by atoms with van der Waals surface area (Å²) in [4.78, 5) is 35.2. The number of nitrogens with one attached hydrogen (secondary N) is 3. The van der Waals surface area contributed by atoms with Crippen LogP contribution in [-0.4, -0.2) is 17.7 Å². The van der Waals surface area contributed by atoms with Crippen LogP contribution >= 0.6 is 0 Å². The maximum Gasteiger partial charge on any atom is 0.314 e. The highest BCUT2D eigenvalue weighted by Gasteiger charge is 2.16. The lowest BCUT2D eigenvalue weighted by Gasteiger charge is -2.19. The number of carbonyl (C=O) groups is 3. The summed E-state index contributed by atoms with van der Waals surface area (Å²) in [6.07, 6.45) is 0.